The number of nitrogens with zero attached hydrogens (tertiary/aromatic N) is 2. The van der Waals surface area contributed by atoms with Crippen molar-refractivity contribution in [1.29, 1.82) is 0 Å². The van der Waals surface area contributed by atoms with E-state index >= 15 is 0 Å². The molecule has 0 bridgehead atoms. The van der Waals surface area contributed by atoms with Gasteiger partial charge in [0.2, 0.25) is 0 Å². The minimum absolute atomic E-state index is 0.189. The highest BCUT2D eigenvalue weighted by Crippen LogP contribution is 2.42. The molecule has 1 aromatic heterocycles. The van der Waals surface area contributed by atoms with E-state index in [1.54, 1.807) is 0 Å². The van der Waals surface area contributed by atoms with Gasteiger partial charge in [-0.1, -0.05) is 13.8 Å². The third kappa shape index (κ3) is 2.18. The fraction of sp³-hybridized carbons (Fsp3) is 0.769. The van der Waals surface area contributed by atoms with E-state index in [1.807, 2.05) is 24.1 Å². The van der Waals surface area contributed by atoms with E-state index in [0.29, 0.717) is 12.1 Å². The van der Waals surface area contributed by atoms with Gasteiger partial charge in [0.1, 0.15) is 6.10 Å². The molecule has 1 N–H and O–H groups in total. The van der Waals surface area contributed by atoms with Crippen LogP contribution >= 0.6 is 0 Å². The molecule has 2 rings (SSSR count). The second kappa shape index (κ2) is 4.33. The summed E-state index contributed by atoms with van der Waals surface area (Å²) in [7, 11) is 2.01. The molecule has 17 heavy (non-hydrogen) atoms. The Hall–Kier alpha value is -1.03. The Labute approximate surface area is 103 Å². The van der Waals surface area contributed by atoms with Crippen LogP contribution in [0.1, 0.15) is 40.2 Å². The van der Waals surface area contributed by atoms with Gasteiger partial charge in [0.25, 0.3) is 0 Å². The number of ether oxygens (including phenoxy) is 1. The minimum Gasteiger partial charge on any atom is -0.486 e. The zero-order valence-corrected chi connectivity index (χ0v) is 11.4. The van der Waals surface area contributed by atoms with Crippen molar-refractivity contribution in [3.8, 4) is 5.75 Å². The van der Waals surface area contributed by atoms with Crippen LogP contribution in [0.4, 0.5) is 0 Å². The van der Waals surface area contributed by atoms with Gasteiger partial charge in [0.05, 0.1) is 12.4 Å². The maximum absolute atomic E-state index is 6.01. The monoisotopic (exact) mass is 237 g/mol. The molecule has 2 atom stereocenters. The van der Waals surface area contributed by atoms with Crippen molar-refractivity contribution in [3.05, 3.63) is 12.4 Å². The van der Waals surface area contributed by atoms with Crippen LogP contribution in [0, 0.1) is 5.41 Å². The van der Waals surface area contributed by atoms with Crippen LogP contribution < -0.4 is 10.1 Å². The van der Waals surface area contributed by atoms with Crippen molar-refractivity contribution < 1.29 is 4.74 Å². The summed E-state index contributed by atoms with van der Waals surface area (Å²) >= 11 is 0. The average Bonchev–Trinajstić information content (AvgIpc) is 2.72. The van der Waals surface area contributed by atoms with E-state index < -0.39 is 0 Å². The van der Waals surface area contributed by atoms with E-state index in [-0.39, 0.29) is 11.5 Å². The van der Waals surface area contributed by atoms with E-state index in [2.05, 4.69) is 38.1 Å². The average molecular weight is 237 g/mol. The smallest absolute Gasteiger partial charge is 0.157 e. The first kappa shape index (κ1) is 12.4. The summed E-state index contributed by atoms with van der Waals surface area (Å²) < 4.78 is 7.93. The minimum atomic E-state index is 0.189. The lowest BCUT2D eigenvalue weighted by Gasteiger charge is -2.51. The number of hydrogen-bond donors (Lipinski definition) is 1. The first-order chi connectivity index (χ1) is 7.95. The lowest BCUT2D eigenvalue weighted by atomic mass is 9.64. The molecule has 1 saturated carbocycles. The number of hydrogen-bond acceptors (Lipinski definition) is 3. The van der Waals surface area contributed by atoms with Gasteiger partial charge in [-0.15, -0.1) is 0 Å². The van der Waals surface area contributed by atoms with E-state index in [4.69, 9.17) is 4.74 Å². The van der Waals surface area contributed by atoms with Gasteiger partial charge >= 0.3 is 0 Å². The fourth-order valence-corrected chi connectivity index (χ4v) is 2.40. The van der Waals surface area contributed by atoms with Gasteiger partial charge in [-0.3, -0.25) is 4.68 Å². The van der Waals surface area contributed by atoms with Crippen LogP contribution in [-0.4, -0.2) is 29.0 Å². The maximum Gasteiger partial charge on any atom is 0.157 e. The second-order valence-corrected chi connectivity index (χ2v) is 5.75. The van der Waals surface area contributed by atoms with Crippen molar-refractivity contribution >= 4 is 0 Å². The third-order valence-electron chi connectivity index (χ3n) is 3.91. The molecule has 0 saturated heterocycles. The Morgan fingerprint density at radius 2 is 2.24 bits per heavy atom. The van der Waals surface area contributed by atoms with E-state index in [9.17, 15) is 0 Å². The molecule has 1 aliphatic rings. The molecule has 2 unspecified atom stereocenters. The van der Waals surface area contributed by atoms with Gasteiger partial charge in [0.15, 0.2) is 5.75 Å². The lowest BCUT2D eigenvalue weighted by Crippen LogP contribution is -2.61. The Kier molecular flexibility index (Phi) is 3.17. The summed E-state index contributed by atoms with van der Waals surface area (Å²) in [4.78, 5) is 0. The number of aromatic nitrogens is 2. The first-order valence-electron chi connectivity index (χ1n) is 6.33. The van der Waals surface area contributed by atoms with Crippen LogP contribution in [0.2, 0.25) is 0 Å². The normalized spacial score (nSPS) is 26.9. The predicted octanol–water partition coefficient (Wildman–Crippen LogP) is 2.23. The molecule has 4 heteroatoms. The van der Waals surface area contributed by atoms with Crippen molar-refractivity contribution in [2.24, 2.45) is 5.41 Å². The quantitative estimate of drug-likeness (QED) is 0.873. The fourth-order valence-electron chi connectivity index (χ4n) is 2.40. The summed E-state index contributed by atoms with van der Waals surface area (Å²) in [6, 6.07) is 0.930. The van der Waals surface area contributed by atoms with Crippen molar-refractivity contribution in [2.45, 2.75) is 52.3 Å². The summed E-state index contributed by atoms with van der Waals surface area (Å²) in [5.41, 5.74) is 0.189. The first-order valence-corrected chi connectivity index (χ1v) is 6.33. The molecule has 0 spiro atoms. The summed E-state index contributed by atoms with van der Waals surface area (Å²) in [6.45, 7) is 8.71. The number of nitrogens with one attached hydrogen (secondary N) is 1. The molecule has 1 aliphatic carbocycles. The summed E-state index contributed by atoms with van der Waals surface area (Å²) in [5.74, 6) is 0.881. The Bertz CT molecular complexity index is 384. The molecule has 0 aliphatic heterocycles. The zero-order chi connectivity index (χ0) is 12.6. The molecule has 0 amide bonds. The molecule has 4 nitrogen and oxygen atoms in total. The third-order valence-corrected chi connectivity index (χ3v) is 3.91. The van der Waals surface area contributed by atoms with Crippen LogP contribution in [-0.2, 0) is 0 Å². The van der Waals surface area contributed by atoms with Crippen molar-refractivity contribution in [1.82, 2.24) is 15.1 Å². The second-order valence-electron chi connectivity index (χ2n) is 5.75. The van der Waals surface area contributed by atoms with Crippen LogP contribution in [0.25, 0.3) is 0 Å². The largest absolute Gasteiger partial charge is 0.486 e. The SMILES string of the molecule is CNC1CC(Oc2cnn(C(C)C)c2)C1(C)C. The molecule has 1 heterocycles. The molecular formula is C13H23N3O. The van der Waals surface area contributed by atoms with Crippen molar-refractivity contribution in [2.75, 3.05) is 7.05 Å². The molecule has 1 fully saturated rings. The summed E-state index contributed by atoms with van der Waals surface area (Å²) in [5, 5.41) is 7.62. The standard InChI is InChI=1S/C13H23N3O/c1-9(2)16-8-10(7-15-16)17-12-6-11(14-5)13(12,3)4/h7-9,11-12,14H,6H2,1-5H3. The van der Waals surface area contributed by atoms with Gasteiger partial charge in [-0.25, -0.2) is 0 Å². The van der Waals surface area contributed by atoms with Gasteiger partial charge in [-0.2, -0.15) is 5.10 Å². The Morgan fingerprint density at radius 3 is 2.71 bits per heavy atom. The topological polar surface area (TPSA) is 39.1 Å². The summed E-state index contributed by atoms with van der Waals surface area (Å²) in [6.07, 6.45) is 5.14. The highest BCUT2D eigenvalue weighted by molar-refractivity contribution is 5.15. The molecule has 0 radical (unpaired) electrons. The highest BCUT2D eigenvalue weighted by atomic mass is 16.5. The molecule has 0 aromatic carbocycles. The van der Waals surface area contributed by atoms with Gasteiger partial charge in [-0.05, 0) is 20.9 Å². The number of rotatable bonds is 4. The Morgan fingerprint density at radius 1 is 1.53 bits per heavy atom. The van der Waals surface area contributed by atoms with Crippen molar-refractivity contribution in [3.63, 3.8) is 0 Å². The lowest BCUT2D eigenvalue weighted by molar-refractivity contribution is -0.0521. The molecule has 1 aromatic rings. The highest BCUT2D eigenvalue weighted by Gasteiger charge is 2.49. The van der Waals surface area contributed by atoms with E-state index in [0.717, 1.165) is 12.2 Å². The van der Waals surface area contributed by atoms with Crippen LogP contribution in [0.15, 0.2) is 12.4 Å². The maximum atomic E-state index is 6.01. The van der Waals surface area contributed by atoms with Gasteiger partial charge < -0.3 is 10.1 Å². The Balaban J connectivity index is 1.98. The van der Waals surface area contributed by atoms with Crippen LogP contribution in [0.5, 0.6) is 5.75 Å². The van der Waals surface area contributed by atoms with Crippen LogP contribution in [0.3, 0.4) is 0 Å². The molecular weight excluding hydrogens is 214 g/mol. The van der Waals surface area contributed by atoms with Gasteiger partial charge in [0, 0.05) is 23.9 Å². The van der Waals surface area contributed by atoms with E-state index in [1.165, 1.54) is 0 Å². The zero-order valence-electron chi connectivity index (χ0n) is 11.4. The predicted molar refractivity (Wildman–Crippen MR) is 68.3 cm³/mol. The molecule has 96 valence electrons.